The third-order valence-electron chi connectivity index (χ3n) is 8.76. The van der Waals surface area contributed by atoms with Gasteiger partial charge in [-0.3, -0.25) is 9.69 Å². The molecule has 3 fully saturated rings. The highest BCUT2D eigenvalue weighted by molar-refractivity contribution is 5.94. The van der Waals surface area contributed by atoms with Gasteiger partial charge in [0.2, 0.25) is 0 Å². The molecule has 6 heteroatoms. The lowest BCUT2D eigenvalue weighted by molar-refractivity contribution is 0.0768. The molecule has 1 aromatic heterocycles. The third-order valence-corrected chi connectivity index (χ3v) is 8.76. The molecule has 2 aliphatic heterocycles. The van der Waals surface area contributed by atoms with Gasteiger partial charge >= 0.3 is 0 Å². The lowest BCUT2D eigenvalue weighted by atomic mass is 9.86. The predicted molar refractivity (Wildman–Crippen MR) is 148 cm³/mol. The topological polar surface area (TPSA) is 51.7 Å². The molecule has 3 atom stereocenters. The van der Waals surface area contributed by atoms with Crippen LogP contribution >= 0.6 is 0 Å². The van der Waals surface area contributed by atoms with Gasteiger partial charge in [-0.2, -0.15) is 0 Å². The number of rotatable bonds is 8. The number of benzene rings is 1. The van der Waals surface area contributed by atoms with E-state index in [2.05, 4.69) is 78.9 Å². The van der Waals surface area contributed by atoms with Crippen molar-refractivity contribution in [1.82, 2.24) is 14.8 Å². The number of hydrogen-bond acceptors (Lipinski definition) is 5. The fourth-order valence-corrected chi connectivity index (χ4v) is 6.31. The predicted octanol–water partition coefficient (Wildman–Crippen LogP) is 4.73. The molecule has 0 spiro atoms. The number of aromatic nitrogens is 1. The van der Waals surface area contributed by atoms with Crippen LogP contribution in [0.25, 0.3) is 0 Å². The van der Waals surface area contributed by atoms with E-state index in [1.165, 1.54) is 12.0 Å². The Morgan fingerprint density at radius 1 is 1.03 bits per heavy atom. The number of nitrogens with zero attached hydrogens (tertiary/aromatic N) is 4. The maximum absolute atomic E-state index is 13.0. The second-order valence-electron chi connectivity index (χ2n) is 11.9. The van der Waals surface area contributed by atoms with Crippen molar-refractivity contribution < 1.29 is 4.79 Å². The van der Waals surface area contributed by atoms with Crippen molar-refractivity contribution in [3.05, 3.63) is 53.7 Å². The van der Waals surface area contributed by atoms with Crippen LogP contribution in [0.15, 0.2) is 42.6 Å². The molecule has 6 nitrogen and oxygen atoms in total. The number of nitrogens with one attached hydrogen (secondary N) is 1. The highest BCUT2D eigenvalue weighted by Gasteiger charge is 2.56. The average molecular weight is 490 g/mol. The first-order chi connectivity index (χ1) is 17.3. The molecular formula is C30H43N5O. The molecule has 1 aromatic carbocycles. The minimum Gasteiger partial charge on any atom is -0.383 e. The first-order valence-electron chi connectivity index (χ1n) is 13.9. The normalized spacial score (nSPS) is 25.4. The maximum Gasteiger partial charge on any atom is 0.253 e. The van der Waals surface area contributed by atoms with Crippen LogP contribution in [0.2, 0.25) is 0 Å². The number of amides is 1. The summed E-state index contributed by atoms with van der Waals surface area (Å²) in [6.45, 7) is 18.2. The molecule has 1 N–H and O–H groups in total. The smallest absolute Gasteiger partial charge is 0.253 e. The van der Waals surface area contributed by atoms with E-state index in [0.29, 0.717) is 23.8 Å². The van der Waals surface area contributed by atoms with Gasteiger partial charge in [-0.1, -0.05) is 46.8 Å². The Morgan fingerprint density at radius 2 is 1.72 bits per heavy atom. The van der Waals surface area contributed by atoms with Gasteiger partial charge in [-0.25, -0.2) is 4.98 Å². The van der Waals surface area contributed by atoms with Crippen LogP contribution in [-0.4, -0.2) is 72.5 Å². The van der Waals surface area contributed by atoms with Gasteiger partial charge in [0.05, 0.1) is 11.9 Å². The second-order valence-corrected chi connectivity index (χ2v) is 11.9. The van der Waals surface area contributed by atoms with Gasteiger partial charge in [0.1, 0.15) is 5.82 Å². The number of piperidine rings is 1. The van der Waals surface area contributed by atoms with E-state index < -0.39 is 0 Å². The Bertz CT molecular complexity index is 1030. The Kier molecular flexibility index (Phi) is 6.99. The van der Waals surface area contributed by atoms with Gasteiger partial charge in [-0.15, -0.1) is 0 Å². The highest BCUT2D eigenvalue weighted by atomic mass is 16.2. The summed E-state index contributed by atoms with van der Waals surface area (Å²) in [5, 5.41) is 3.60. The zero-order valence-electron chi connectivity index (χ0n) is 22.7. The van der Waals surface area contributed by atoms with Crippen molar-refractivity contribution in [2.24, 2.45) is 17.8 Å². The minimum atomic E-state index is 0.107. The Labute approximate surface area is 217 Å². The van der Waals surface area contributed by atoms with E-state index in [1.807, 2.05) is 18.3 Å². The Balaban J connectivity index is 1.07. The molecule has 1 aliphatic carbocycles. The van der Waals surface area contributed by atoms with Crippen LogP contribution in [0.5, 0.6) is 0 Å². The van der Waals surface area contributed by atoms with Crippen LogP contribution in [0, 0.1) is 17.8 Å². The quantitative estimate of drug-likeness (QED) is 0.581. The van der Waals surface area contributed by atoms with Crippen molar-refractivity contribution in [3.63, 3.8) is 0 Å². The fourth-order valence-electron chi connectivity index (χ4n) is 6.31. The van der Waals surface area contributed by atoms with Gasteiger partial charge in [0.15, 0.2) is 0 Å². The lowest BCUT2D eigenvalue weighted by Gasteiger charge is -2.26. The summed E-state index contributed by atoms with van der Waals surface area (Å²) in [5.74, 6) is 3.18. The zero-order valence-corrected chi connectivity index (χ0v) is 22.7. The van der Waals surface area contributed by atoms with Gasteiger partial charge in [-0.05, 0) is 72.5 Å². The molecule has 2 aromatic rings. The van der Waals surface area contributed by atoms with E-state index in [1.54, 1.807) is 0 Å². The summed E-state index contributed by atoms with van der Waals surface area (Å²) in [7, 11) is 0. The first-order valence-corrected chi connectivity index (χ1v) is 13.9. The van der Waals surface area contributed by atoms with Crippen molar-refractivity contribution >= 4 is 17.4 Å². The molecule has 3 unspecified atom stereocenters. The number of likely N-dealkylation sites (N-methyl/N-ethyl adjacent to an activating group) is 1. The number of fused-ring (bicyclic) bond motifs is 1. The largest absolute Gasteiger partial charge is 0.383 e. The number of carbonyl (C=O) groups is 1. The average Bonchev–Trinajstić information content (AvgIpc) is 3.23. The summed E-state index contributed by atoms with van der Waals surface area (Å²) in [6.07, 6.45) is 3.20. The van der Waals surface area contributed by atoms with Gasteiger partial charge in [0, 0.05) is 44.3 Å². The van der Waals surface area contributed by atoms with E-state index in [-0.39, 0.29) is 11.3 Å². The molecular weight excluding hydrogens is 446 g/mol. The SMILES string of the molecule is CCN(CC)C1CCN(c2ccc(NCC3C4CN(C(=O)c5ccc(C(C)(C)C)cc5)CC34)cn2)C1. The zero-order chi connectivity index (χ0) is 25.4. The Hall–Kier alpha value is -2.60. The van der Waals surface area contributed by atoms with Crippen molar-refractivity contribution in [2.45, 2.75) is 52.5 Å². The second kappa shape index (κ2) is 10.0. The number of pyridine rings is 1. The molecule has 194 valence electrons. The number of likely N-dealkylation sites (tertiary alicyclic amines) is 1. The molecule has 2 saturated heterocycles. The fraction of sp³-hybridized carbons (Fsp3) is 0.600. The van der Waals surface area contributed by atoms with Gasteiger partial charge < -0.3 is 15.1 Å². The summed E-state index contributed by atoms with van der Waals surface area (Å²) in [5.41, 5.74) is 3.28. The summed E-state index contributed by atoms with van der Waals surface area (Å²) < 4.78 is 0. The number of hydrogen-bond donors (Lipinski definition) is 1. The number of carbonyl (C=O) groups excluding carboxylic acids is 1. The van der Waals surface area contributed by atoms with Crippen LogP contribution in [-0.2, 0) is 5.41 Å². The Morgan fingerprint density at radius 3 is 2.31 bits per heavy atom. The molecule has 0 bridgehead atoms. The van der Waals surface area contributed by atoms with E-state index in [0.717, 1.165) is 62.9 Å². The highest BCUT2D eigenvalue weighted by Crippen LogP contribution is 2.51. The maximum atomic E-state index is 13.0. The van der Waals surface area contributed by atoms with E-state index >= 15 is 0 Å². The van der Waals surface area contributed by atoms with Crippen molar-refractivity contribution in [3.8, 4) is 0 Å². The molecule has 36 heavy (non-hydrogen) atoms. The monoisotopic (exact) mass is 489 g/mol. The standard InChI is InChI=1S/C30H43N5O/c1-6-33(7-2)24-14-15-34(18-24)28-13-12-23(16-32-28)31-17-25-26-19-35(20-27(25)26)29(36)21-8-10-22(11-9-21)30(3,4)5/h8-13,16,24-27,31H,6-7,14-15,17-20H2,1-5H3. The summed E-state index contributed by atoms with van der Waals surface area (Å²) >= 11 is 0. The molecule has 3 heterocycles. The van der Waals surface area contributed by atoms with Crippen LogP contribution in [0.4, 0.5) is 11.5 Å². The molecule has 1 saturated carbocycles. The molecule has 0 radical (unpaired) electrons. The number of anilines is 2. The van der Waals surface area contributed by atoms with Crippen molar-refractivity contribution in [2.75, 3.05) is 56.0 Å². The lowest BCUT2D eigenvalue weighted by Crippen LogP contribution is -2.37. The van der Waals surface area contributed by atoms with E-state index in [4.69, 9.17) is 4.98 Å². The van der Waals surface area contributed by atoms with Gasteiger partial charge in [0.25, 0.3) is 5.91 Å². The summed E-state index contributed by atoms with van der Waals surface area (Å²) in [4.78, 5) is 24.8. The van der Waals surface area contributed by atoms with Crippen LogP contribution in [0.1, 0.15) is 57.0 Å². The van der Waals surface area contributed by atoms with Crippen LogP contribution < -0.4 is 10.2 Å². The van der Waals surface area contributed by atoms with Crippen LogP contribution in [0.3, 0.4) is 0 Å². The molecule has 3 aliphatic rings. The molecule has 1 amide bonds. The third kappa shape index (κ3) is 5.10. The first kappa shape index (κ1) is 25.1. The minimum absolute atomic E-state index is 0.107. The molecule has 5 rings (SSSR count). The van der Waals surface area contributed by atoms with Crippen molar-refractivity contribution in [1.29, 1.82) is 0 Å². The van der Waals surface area contributed by atoms with E-state index in [9.17, 15) is 4.79 Å². The summed E-state index contributed by atoms with van der Waals surface area (Å²) in [6, 6.07) is 13.2.